The first-order valence-electron chi connectivity index (χ1n) is 10.2. The fourth-order valence-electron chi connectivity index (χ4n) is 4.21. The Balaban J connectivity index is 1.66. The van der Waals surface area contributed by atoms with Crippen molar-refractivity contribution in [3.8, 4) is 11.5 Å². The molecule has 0 spiro atoms. The molecule has 0 amide bonds. The van der Waals surface area contributed by atoms with Crippen LogP contribution in [0.1, 0.15) is 35.2 Å². The summed E-state index contributed by atoms with van der Waals surface area (Å²) in [7, 11) is 0. The molecule has 1 N–H and O–H groups in total. The van der Waals surface area contributed by atoms with Crippen molar-refractivity contribution in [3.05, 3.63) is 95.1 Å². The summed E-state index contributed by atoms with van der Waals surface area (Å²) in [5, 5.41) is 9.63. The maximum absolute atomic E-state index is 13.4. The Labute approximate surface area is 179 Å². The van der Waals surface area contributed by atoms with Crippen molar-refractivity contribution in [2.45, 2.75) is 38.2 Å². The molecule has 0 saturated heterocycles. The van der Waals surface area contributed by atoms with Crippen LogP contribution >= 0.6 is 0 Å². The van der Waals surface area contributed by atoms with Crippen LogP contribution in [-0.2, 0) is 13.0 Å². The number of alkyl halides is 3. The Morgan fingerprint density at radius 2 is 1.71 bits per heavy atom. The summed E-state index contributed by atoms with van der Waals surface area (Å²) in [5.41, 5.74) is 3.58. The molecule has 2 atom stereocenters. The molecule has 0 aliphatic carbocycles. The van der Waals surface area contributed by atoms with Crippen LogP contribution in [0.15, 0.2) is 72.8 Å². The quantitative estimate of drug-likeness (QED) is 0.553. The lowest BCUT2D eigenvalue weighted by atomic mass is 9.85. The average Bonchev–Trinajstić information content (AvgIpc) is 2.73. The number of aromatic hydroxyl groups is 1. The van der Waals surface area contributed by atoms with Crippen molar-refractivity contribution >= 4 is 0 Å². The Morgan fingerprint density at radius 3 is 2.39 bits per heavy atom. The first kappa shape index (κ1) is 21.2. The van der Waals surface area contributed by atoms with Gasteiger partial charge in [-0.05, 0) is 59.9 Å². The molecule has 3 aromatic rings. The van der Waals surface area contributed by atoms with Crippen LogP contribution in [-0.4, -0.2) is 28.8 Å². The van der Waals surface area contributed by atoms with Crippen LogP contribution in [0.3, 0.4) is 0 Å². The van der Waals surface area contributed by atoms with Crippen molar-refractivity contribution in [1.82, 2.24) is 4.90 Å². The Bertz CT molecular complexity index is 1020. The van der Waals surface area contributed by atoms with Crippen LogP contribution in [0.25, 0.3) is 0 Å². The summed E-state index contributed by atoms with van der Waals surface area (Å²) >= 11 is 0. The molecule has 0 fully saturated rings. The van der Waals surface area contributed by atoms with Crippen molar-refractivity contribution in [3.63, 3.8) is 0 Å². The zero-order valence-corrected chi connectivity index (χ0v) is 17.1. The van der Waals surface area contributed by atoms with E-state index in [-0.39, 0.29) is 11.8 Å². The van der Waals surface area contributed by atoms with E-state index in [2.05, 4.69) is 0 Å². The number of fused-ring (bicyclic) bond motifs is 1. The molecule has 1 aliphatic rings. The number of halogens is 3. The van der Waals surface area contributed by atoms with Gasteiger partial charge in [0.05, 0.1) is 12.6 Å². The minimum atomic E-state index is -4.31. The summed E-state index contributed by atoms with van der Waals surface area (Å²) < 4.78 is 46.0. The van der Waals surface area contributed by atoms with Gasteiger partial charge in [0.2, 0.25) is 0 Å². The summed E-state index contributed by atoms with van der Waals surface area (Å²) in [6, 6.07) is 21.0. The Morgan fingerprint density at radius 1 is 1.00 bits per heavy atom. The van der Waals surface area contributed by atoms with E-state index in [1.807, 2.05) is 55.5 Å². The zero-order valence-electron chi connectivity index (χ0n) is 17.1. The number of rotatable bonds is 5. The van der Waals surface area contributed by atoms with E-state index in [9.17, 15) is 18.3 Å². The molecule has 0 saturated carbocycles. The second-order valence-corrected chi connectivity index (χ2v) is 7.97. The monoisotopic (exact) mass is 427 g/mol. The molecule has 1 aliphatic heterocycles. The normalized spacial score (nSPS) is 19.1. The summed E-state index contributed by atoms with van der Waals surface area (Å²) in [5.74, 6) is 0.781. The van der Waals surface area contributed by atoms with Crippen LogP contribution in [0.4, 0.5) is 13.2 Å². The lowest BCUT2D eigenvalue weighted by Gasteiger charge is -2.42. The van der Waals surface area contributed by atoms with E-state index in [1.54, 1.807) is 12.1 Å². The van der Waals surface area contributed by atoms with Gasteiger partial charge in [0, 0.05) is 6.04 Å². The van der Waals surface area contributed by atoms with Crippen LogP contribution in [0, 0.1) is 0 Å². The highest BCUT2D eigenvalue weighted by Crippen LogP contribution is 2.41. The lowest BCUT2D eigenvalue weighted by molar-refractivity contribution is -0.155. The highest BCUT2D eigenvalue weighted by molar-refractivity contribution is 5.45. The van der Waals surface area contributed by atoms with Gasteiger partial charge in [-0.3, -0.25) is 4.90 Å². The van der Waals surface area contributed by atoms with Crippen LogP contribution < -0.4 is 4.74 Å². The average molecular weight is 427 g/mol. The zero-order chi connectivity index (χ0) is 22.0. The minimum absolute atomic E-state index is 0.0832. The van der Waals surface area contributed by atoms with Gasteiger partial charge in [0.15, 0.2) is 0 Å². The molecule has 0 bridgehead atoms. The van der Waals surface area contributed by atoms with Crippen molar-refractivity contribution < 1.29 is 23.0 Å². The van der Waals surface area contributed by atoms with Gasteiger partial charge in [0.25, 0.3) is 0 Å². The number of hydrogen-bond acceptors (Lipinski definition) is 3. The molecule has 0 radical (unpaired) electrons. The molecular weight excluding hydrogens is 403 g/mol. The second kappa shape index (κ2) is 8.63. The Hall–Kier alpha value is -2.99. The van der Waals surface area contributed by atoms with Gasteiger partial charge in [0.1, 0.15) is 18.1 Å². The third-order valence-electron chi connectivity index (χ3n) is 5.64. The minimum Gasteiger partial charge on any atom is -0.508 e. The third-order valence-corrected chi connectivity index (χ3v) is 5.64. The number of phenolic OH excluding ortho intramolecular Hbond substituents is 1. The van der Waals surface area contributed by atoms with E-state index >= 15 is 0 Å². The third kappa shape index (κ3) is 5.02. The smallest absolute Gasteiger partial charge is 0.401 e. The van der Waals surface area contributed by atoms with Crippen molar-refractivity contribution in [1.29, 1.82) is 0 Å². The molecule has 6 heteroatoms. The number of ether oxygens (including phenoxy) is 1. The maximum atomic E-state index is 13.4. The van der Waals surface area contributed by atoms with Gasteiger partial charge in [-0.15, -0.1) is 0 Å². The van der Waals surface area contributed by atoms with E-state index in [1.165, 1.54) is 17.0 Å². The molecule has 162 valence electrons. The molecule has 0 unspecified atom stereocenters. The van der Waals surface area contributed by atoms with Gasteiger partial charge in [-0.1, -0.05) is 48.5 Å². The number of hydrogen-bond donors (Lipinski definition) is 1. The van der Waals surface area contributed by atoms with Gasteiger partial charge in [-0.2, -0.15) is 13.2 Å². The van der Waals surface area contributed by atoms with E-state index in [0.29, 0.717) is 24.3 Å². The van der Waals surface area contributed by atoms with Gasteiger partial charge >= 0.3 is 6.18 Å². The molecule has 4 rings (SSSR count). The van der Waals surface area contributed by atoms with Crippen molar-refractivity contribution in [2.24, 2.45) is 0 Å². The SMILES string of the molecule is C[C@@H]1Cc2cc(OCc3ccccc3)ccc2[C@@H](c2ccc(O)cc2)N1CC(F)(F)F. The van der Waals surface area contributed by atoms with E-state index in [4.69, 9.17) is 4.74 Å². The molecular formula is C25H24F3NO2. The summed E-state index contributed by atoms with van der Waals surface area (Å²) in [4.78, 5) is 1.49. The van der Waals surface area contributed by atoms with Crippen molar-refractivity contribution in [2.75, 3.05) is 6.54 Å². The standard InChI is InChI=1S/C25H24F3NO2/c1-17-13-20-14-22(31-15-18-5-3-2-4-6-18)11-12-23(20)24(29(17)16-25(26,27)28)19-7-9-21(30)10-8-19/h2-12,14,17,24,30H,13,15-16H2,1H3/t17-,24-/m1/s1. The summed E-state index contributed by atoms with van der Waals surface area (Å²) in [6.45, 7) is 1.25. The van der Waals surface area contributed by atoms with E-state index < -0.39 is 18.8 Å². The molecule has 3 nitrogen and oxygen atoms in total. The van der Waals surface area contributed by atoms with Crippen LogP contribution in [0.5, 0.6) is 11.5 Å². The first-order valence-corrected chi connectivity index (χ1v) is 10.2. The number of benzene rings is 3. The fourth-order valence-corrected chi connectivity index (χ4v) is 4.21. The largest absolute Gasteiger partial charge is 0.508 e. The molecule has 1 heterocycles. The predicted octanol–water partition coefficient (Wildman–Crippen LogP) is 5.87. The molecule has 31 heavy (non-hydrogen) atoms. The Kier molecular flexibility index (Phi) is 5.92. The maximum Gasteiger partial charge on any atom is 0.401 e. The van der Waals surface area contributed by atoms with Gasteiger partial charge < -0.3 is 9.84 Å². The predicted molar refractivity (Wildman–Crippen MR) is 113 cm³/mol. The second-order valence-electron chi connectivity index (χ2n) is 7.97. The van der Waals surface area contributed by atoms with Gasteiger partial charge in [-0.25, -0.2) is 0 Å². The van der Waals surface area contributed by atoms with Crippen LogP contribution in [0.2, 0.25) is 0 Å². The number of nitrogens with zero attached hydrogens (tertiary/aromatic N) is 1. The fraction of sp³-hybridized carbons (Fsp3) is 0.280. The van der Waals surface area contributed by atoms with E-state index in [0.717, 1.165) is 16.7 Å². The molecule has 0 aromatic heterocycles. The lowest BCUT2D eigenvalue weighted by Crippen LogP contribution is -2.47. The topological polar surface area (TPSA) is 32.7 Å². The first-order chi connectivity index (χ1) is 14.8. The summed E-state index contributed by atoms with van der Waals surface area (Å²) in [6.07, 6.45) is -3.80. The number of phenols is 1. The highest BCUT2D eigenvalue weighted by Gasteiger charge is 2.40. The molecule has 3 aromatic carbocycles. The highest BCUT2D eigenvalue weighted by atomic mass is 19.4.